The number of hydrogen-bond acceptors (Lipinski definition) is 2. The van der Waals surface area contributed by atoms with Gasteiger partial charge in [0.1, 0.15) is 0 Å². The first-order valence-electron chi connectivity index (χ1n) is 5.38. The Balaban J connectivity index is 1.84. The summed E-state index contributed by atoms with van der Waals surface area (Å²) in [5, 5.41) is 3.59. The summed E-state index contributed by atoms with van der Waals surface area (Å²) in [6, 6.07) is 17.6. The van der Waals surface area contributed by atoms with Gasteiger partial charge < -0.3 is 5.32 Å². The van der Waals surface area contributed by atoms with Gasteiger partial charge in [0.25, 0.3) is 0 Å². The molecular formula is C13H12BrN3S. The van der Waals surface area contributed by atoms with Crippen molar-refractivity contribution in [3.63, 3.8) is 0 Å². The highest BCUT2D eigenvalue weighted by Crippen LogP contribution is 2.13. The average molecular weight is 322 g/mol. The lowest BCUT2D eigenvalue weighted by Crippen LogP contribution is -2.33. The fourth-order valence-corrected chi connectivity index (χ4v) is 1.78. The van der Waals surface area contributed by atoms with Crippen LogP contribution < -0.4 is 16.2 Å². The quantitative estimate of drug-likeness (QED) is 0.594. The minimum atomic E-state index is 0.515. The van der Waals surface area contributed by atoms with E-state index >= 15 is 0 Å². The molecule has 0 amide bonds. The third-order valence-corrected chi connectivity index (χ3v) is 2.93. The Bertz CT molecular complexity index is 514. The van der Waals surface area contributed by atoms with E-state index in [2.05, 4.69) is 32.1 Å². The highest BCUT2D eigenvalue weighted by molar-refractivity contribution is 9.10. The first kappa shape index (κ1) is 12.9. The molecule has 0 atom stereocenters. The molecule has 2 aromatic rings. The molecule has 3 N–H and O–H groups in total. The van der Waals surface area contributed by atoms with E-state index in [0.717, 1.165) is 15.8 Å². The monoisotopic (exact) mass is 321 g/mol. The van der Waals surface area contributed by atoms with Crippen molar-refractivity contribution in [1.82, 2.24) is 5.43 Å². The third kappa shape index (κ3) is 4.01. The van der Waals surface area contributed by atoms with Crippen molar-refractivity contribution < 1.29 is 0 Å². The lowest BCUT2D eigenvalue weighted by Gasteiger charge is -2.12. The van der Waals surface area contributed by atoms with Crippen LogP contribution in [0.2, 0.25) is 0 Å². The van der Waals surface area contributed by atoms with Crippen LogP contribution in [0.5, 0.6) is 0 Å². The number of nitrogens with one attached hydrogen (secondary N) is 3. The lowest BCUT2D eigenvalue weighted by atomic mass is 10.3. The fourth-order valence-electron chi connectivity index (χ4n) is 1.35. The Kier molecular flexibility index (Phi) is 4.55. The zero-order valence-corrected chi connectivity index (χ0v) is 11.9. The summed E-state index contributed by atoms with van der Waals surface area (Å²) in [5.74, 6) is 0. The predicted octanol–water partition coefficient (Wildman–Crippen LogP) is 3.76. The van der Waals surface area contributed by atoms with Gasteiger partial charge in [-0.15, -0.1) is 0 Å². The summed E-state index contributed by atoms with van der Waals surface area (Å²) in [5.41, 5.74) is 7.83. The zero-order chi connectivity index (χ0) is 12.8. The summed E-state index contributed by atoms with van der Waals surface area (Å²) >= 11 is 8.56. The molecule has 0 heterocycles. The number of thiocarbonyl (C=S) groups is 1. The topological polar surface area (TPSA) is 36.1 Å². The van der Waals surface area contributed by atoms with E-state index in [1.165, 1.54) is 0 Å². The van der Waals surface area contributed by atoms with Crippen LogP contribution in [0, 0.1) is 0 Å². The SMILES string of the molecule is S=C(NNc1ccccc1)Nc1ccc(Br)cc1. The molecule has 0 aliphatic heterocycles. The van der Waals surface area contributed by atoms with Crippen LogP contribution in [-0.2, 0) is 0 Å². The summed E-state index contributed by atoms with van der Waals surface area (Å²) in [7, 11) is 0. The molecule has 18 heavy (non-hydrogen) atoms. The molecule has 92 valence electrons. The second-order valence-corrected chi connectivity index (χ2v) is 4.90. The van der Waals surface area contributed by atoms with Crippen LogP contribution in [0.1, 0.15) is 0 Å². The van der Waals surface area contributed by atoms with Crippen LogP contribution in [-0.4, -0.2) is 5.11 Å². The maximum atomic E-state index is 5.17. The van der Waals surface area contributed by atoms with E-state index in [0.29, 0.717) is 5.11 Å². The summed E-state index contributed by atoms with van der Waals surface area (Å²) < 4.78 is 1.04. The second-order valence-electron chi connectivity index (χ2n) is 3.58. The molecule has 5 heteroatoms. The van der Waals surface area contributed by atoms with E-state index in [-0.39, 0.29) is 0 Å². The van der Waals surface area contributed by atoms with Crippen molar-refractivity contribution in [2.24, 2.45) is 0 Å². The number of anilines is 2. The molecule has 0 fully saturated rings. The highest BCUT2D eigenvalue weighted by atomic mass is 79.9. The first-order chi connectivity index (χ1) is 8.74. The number of hydrogen-bond donors (Lipinski definition) is 3. The Labute approximate surface area is 120 Å². The Morgan fingerprint density at radius 1 is 0.889 bits per heavy atom. The smallest absolute Gasteiger partial charge is 0.189 e. The summed E-state index contributed by atoms with van der Waals surface area (Å²) in [6.07, 6.45) is 0. The fraction of sp³-hybridized carbons (Fsp3) is 0. The molecule has 0 saturated heterocycles. The van der Waals surface area contributed by atoms with Gasteiger partial charge in [0, 0.05) is 10.2 Å². The van der Waals surface area contributed by atoms with E-state index in [1.54, 1.807) is 0 Å². The van der Waals surface area contributed by atoms with Gasteiger partial charge in [-0.25, -0.2) is 0 Å². The van der Waals surface area contributed by atoms with Gasteiger partial charge in [0.15, 0.2) is 5.11 Å². The van der Waals surface area contributed by atoms with Crippen LogP contribution in [0.25, 0.3) is 0 Å². The van der Waals surface area contributed by atoms with Crippen LogP contribution >= 0.6 is 28.1 Å². The third-order valence-electron chi connectivity index (χ3n) is 2.20. The molecule has 3 nitrogen and oxygen atoms in total. The molecule has 0 aliphatic carbocycles. The molecule has 0 aliphatic rings. The number of para-hydroxylation sites is 1. The summed E-state index contributed by atoms with van der Waals surface area (Å²) in [4.78, 5) is 0. The van der Waals surface area contributed by atoms with Crippen molar-refractivity contribution in [3.05, 3.63) is 59.1 Å². The van der Waals surface area contributed by atoms with Gasteiger partial charge in [-0.1, -0.05) is 34.1 Å². The van der Waals surface area contributed by atoms with Crippen LogP contribution in [0.15, 0.2) is 59.1 Å². The molecule has 0 bridgehead atoms. The minimum Gasteiger partial charge on any atom is -0.331 e. The summed E-state index contributed by atoms with van der Waals surface area (Å²) in [6.45, 7) is 0. The van der Waals surface area contributed by atoms with Gasteiger partial charge in [-0.3, -0.25) is 10.9 Å². The molecule has 2 aromatic carbocycles. The normalized spacial score (nSPS) is 9.61. The molecule has 0 unspecified atom stereocenters. The van der Waals surface area contributed by atoms with E-state index in [1.807, 2.05) is 54.6 Å². The molecule has 0 aromatic heterocycles. The number of benzene rings is 2. The standard InChI is InChI=1S/C13H12BrN3S/c14-10-6-8-11(9-7-10)15-13(18)17-16-12-4-2-1-3-5-12/h1-9,16H,(H2,15,17,18). The highest BCUT2D eigenvalue weighted by Gasteiger charge is 1.97. The molecular weight excluding hydrogens is 310 g/mol. The maximum Gasteiger partial charge on any atom is 0.189 e. The number of halogens is 1. The van der Waals surface area contributed by atoms with Gasteiger partial charge >= 0.3 is 0 Å². The van der Waals surface area contributed by atoms with Gasteiger partial charge in [0.2, 0.25) is 0 Å². The van der Waals surface area contributed by atoms with Crippen LogP contribution in [0.4, 0.5) is 11.4 Å². The molecule has 0 spiro atoms. The van der Waals surface area contributed by atoms with Gasteiger partial charge in [-0.2, -0.15) is 0 Å². The zero-order valence-electron chi connectivity index (χ0n) is 9.48. The van der Waals surface area contributed by atoms with Crippen LogP contribution in [0.3, 0.4) is 0 Å². The van der Waals surface area contributed by atoms with Gasteiger partial charge in [-0.05, 0) is 48.6 Å². The molecule has 2 rings (SSSR count). The van der Waals surface area contributed by atoms with E-state index < -0.39 is 0 Å². The Morgan fingerprint density at radius 2 is 1.56 bits per heavy atom. The van der Waals surface area contributed by atoms with Crippen molar-refractivity contribution in [1.29, 1.82) is 0 Å². The predicted molar refractivity (Wildman–Crippen MR) is 83.6 cm³/mol. The van der Waals surface area contributed by atoms with Crippen molar-refractivity contribution >= 4 is 44.6 Å². The lowest BCUT2D eigenvalue weighted by molar-refractivity contribution is 1.14. The van der Waals surface area contributed by atoms with E-state index in [9.17, 15) is 0 Å². The van der Waals surface area contributed by atoms with Crippen molar-refractivity contribution in [2.45, 2.75) is 0 Å². The Hall–Kier alpha value is -1.59. The largest absolute Gasteiger partial charge is 0.331 e. The number of hydrazine groups is 1. The Morgan fingerprint density at radius 3 is 2.22 bits per heavy atom. The molecule has 0 radical (unpaired) electrons. The average Bonchev–Trinajstić information content (AvgIpc) is 2.40. The first-order valence-corrected chi connectivity index (χ1v) is 6.58. The second kappa shape index (κ2) is 6.37. The van der Waals surface area contributed by atoms with Crippen molar-refractivity contribution in [3.8, 4) is 0 Å². The van der Waals surface area contributed by atoms with E-state index in [4.69, 9.17) is 12.2 Å². The molecule has 0 saturated carbocycles. The minimum absolute atomic E-state index is 0.515. The number of rotatable bonds is 3. The maximum absolute atomic E-state index is 5.17. The van der Waals surface area contributed by atoms with Gasteiger partial charge in [0.05, 0.1) is 5.69 Å². The van der Waals surface area contributed by atoms with Crippen molar-refractivity contribution in [2.75, 3.05) is 10.7 Å².